The number of nitro groups is 1. The van der Waals surface area contributed by atoms with E-state index in [1.807, 2.05) is 0 Å². The van der Waals surface area contributed by atoms with Crippen molar-refractivity contribution in [3.63, 3.8) is 0 Å². The van der Waals surface area contributed by atoms with Crippen LogP contribution in [0.15, 0.2) is 18.2 Å². The van der Waals surface area contributed by atoms with E-state index in [2.05, 4.69) is 5.32 Å². The van der Waals surface area contributed by atoms with Crippen LogP contribution < -0.4 is 5.32 Å². The smallest absolute Gasteiger partial charge is 0.289 e. The largest absolute Gasteiger partial charge is 0.349 e. The first-order valence-electron chi connectivity index (χ1n) is 4.52. The predicted molar refractivity (Wildman–Crippen MR) is 59.2 cm³/mol. The van der Waals surface area contributed by atoms with Crippen LogP contribution >= 0.6 is 11.6 Å². The summed E-state index contributed by atoms with van der Waals surface area (Å²) in [5.74, 6) is -2.10. The molecule has 0 aliphatic rings. The van der Waals surface area contributed by atoms with Crippen molar-refractivity contribution < 1.29 is 15.1 Å². The summed E-state index contributed by atoms with van der Waals surface area (Å²) in [5, 5.41) is 31.5. The van der Waals surface area contributed by atoms with Gasteiger partial charge in [-0.1, -0.05) is 18.5 Å². The van der Waals surface area contributed by atoms with Crippen LogP contribution in [0.5, 0.6) is 0 Å². The average molecular weight is 247 g/mol. The molecule has 1 aromatic carbocycles. The van der Waals surface area contributed by atoms with Gasteiger partial charge < -0.3 is 15.5 Å². The Labute approximate surface area is 96.6 Å². The summed E-state index contributed by atoms with van der Waals surface area (Å²) in [6.45, 7) is 1.55. The minimum atomic E-state index is -2.10. The Morgan fingerprint density at radius 1 is 1.56 bits per heavy atom. The van der Waals surface area contributed by atoms with Crippen LogP contribution in [0, 0.1) is 10.1 Å². The lowest BCUT2D eigenvalue weighted by Gasteiger charge is -2.22. The quantitative estimate of drug-likeness (QED) is 0.427. The van der Waals surface area contributed by atoms with Crippen molar-refractivity contribution in [1.29, 1.82) is 0 Å². The SMILES string of the molecule is CCC(O)(O)Nc1ccc(Cl)c([N+](=O)[O-])c1. The lowest BCUT2D eigenvalue weighted by molar-refractivity contribution is -0.384. The molecule has 1 rings (SSSR count). The molecular weight excluding hydrogens is 236 g/mol. The highest BCUT2D eigenvalue weighted by molar-refractivity contribution is 6.32. The van der Waals surface area contributed by atoms with Crippen LogP contribution in [-0.2, 0) is 0 Å². The molecule has 0 atom stereocenters. The maximum Gasteiger partial charge on any atom is 0.289 e. The van der Waals surface area contributed by atoms with E-state index in [1.165, 1.54) is 12.1 Å². The Bertz CT molecular complexity index is 408. The van der Waals surface area contributed by atoms with Gasteiger partial charge in [0.15, 0.2) is 0 Å². The van der Waals surface area contributed by atoms with Gasteiger partial charge in [-0.2, -0.15) is 0 Å². The van der Waals surface area contributed by atoms with E-state index in [9.17, 15) is 20.3 Å². The zero-order valence-corrected chi connectivity index (χ0v) is 9.23. The molecule has 0 unspecified atom stereocenters. The summed E-state index contributed by atoms with van der Waals surface area (Å²) in [6, 6.07) is 3.87. The zero-order valence-electron chi connectivity index (χ0n) is 8.48. The zero-order chi connectivity index (χ0) is 12.3. The molecule has 0 heterocycles. The standard InChI is InChI=1S/C9H11ClN2O4/c1-2-9(13,14)11-6-3-4-7(10)8(5-6)12(15)16/h3-5,11,13-14H,2H2,1H3. The molecule has 6 nitrogen and oxygen atoms in total. The minimum absolute atomic E-state index is 0.00599. The number of hydrogen-bond donors (Lipinski definition) is 3. The maximum atomic E-state index is 10.6. The number of hydrogen-bond acceptors (Lipinski definition) is 5. The lowest BCUT2D eigenvalue weighted by Crippen LogP contribution is -2.36. The molecule has 0 saturated carbocycles. The predicted octanol–water partition coefficient (Wildman–Crippen LogP) is 1.71. The molecule has 0 spiro atoms. The van der Waals surface area contributed by atoms with Crippen LogP contribution in [0.2, 0.25) is 5.02 Å². The molecule has 1 aromatic rings. The van der Waals surface area contributed by atoms with E-state index in [4.69, 9.17) is 11.6 Å². The first-order chi connectivity index (χ1) is 7.35. The molecule has 0 aliphatic heterocycles. The van der Waals surface area contributed by atoms with Gasteiger partial charge in [-0.15, -0.1) is 0 Å². The van der Waals surface area contributed by atoms with Crippen LogP contribution in [0.4, 0.5) is 11.4 Å². The molecule has 0 amide bonds. The van der Waals surface area contributed by atoms with E-state index in [1.54, 1.807) is 6.92 Å². The van der Waals surface area contributed by atoms with Gasteiger partial charge in [0, 0.05) is 18.2 Å². The third-order valence-electron chi connectivity index (χ3n) is 1.98. The van der Waals surface area contributed by atoms with Crippen molar-refractivity contribution in [3.8, 4) is 0 Å². The Morgan fingerprint density at radius 2 is 2.19 bits per heavy atom. The molecule has 0 radical (unpaired) electrons. The number of nitro benzene ring substituents is 1. The Morgan fingerprint density at radius 3 is 2.69 bits per heavy atom. The number of anilines is 1. The van der Waals surface area contributed by atoms with Crippen LogP contribution in [0.25, 0.3) is 0 Å². The van der Waals surface area contributed by atoms with Crippen LogP contribution in [-0.4, -0.2) is 21.0 Å². The Kier molecular flexibility index (Phi) is 3.69. The first-order valence-corrected chi connectivity index (χ1v) is 4.90. The summed E-state index contributed by atoms with van der Waals surface area (Å²) in [7, 11) is 0. The lowest BCUT2D eigenvalue weighted by atomic mass is 10.2. The van der Waals surface area contributed by atoms with Gasteiger partial charge in [0.2, 0.25) is 5.91 Å². The van der Waals surface area contributed by atoms with Gasteiger partial charge >= 0.3 is 0 Å². The summed E-state index contributed by atoms with van der Waals surface area (Å²) in [5.41, 5.74) is -0.0819. The second-order valence-corrected chi connectivity index (χ2v) is 3.63. The summed E-state index contributed by atoms with van der Waals surface area (Å²) in [4.78, 5) is 9.93. The fourth-order valence-electron chi connectivity index (χ4n) is 1.05. The molecule has 16 heavy (non-hydrogen) atoms. The summed E-state index contributed by atoms with van der Waals surface area (Å²) in [6.07, 6.45) is 0.0312. The molecule has 0 saturated heterocycles. The second-order valence-electron chi connectivity index (χ2n) is 3.22. The summed E-state index contributed by atoms with van der Waals surface area (Å²) < 4.78 is 0. The van der Waals surface area contributed by atoms with Crippen molar-refractivity contribution in [1.82, 2.24) is 0 Å². The highest BCUT2D eigenvalue weighted by Gasteiger charge is 2.21. The van der Waals surface area contributed by atoms with Crippen molar-refractivity contribution in [2.24, 2.45) is 0 Å². The van der Waals surface area contributed by atoms with Crippen LogP contribution in [0.1, 0.15) is 13.3 Å². The van der Waals surface area contributed by atoms with E-state index >= 15 is 0 Å². The molecule has 0 bridgehead atoms. The highest BCUT2D eigenvalue weighted by Crippen LogP contribution is 2.28. The Balaban J connectivity index is 3.00. The van der Waals surface area contributed by atoms with Crippen molar-refractivity contribution >= 4 is 23.0 Å². The van der Waals surface area contributed by atoms with Crippen molar-refractivity contribution in [2.45, 2.75) is 19.3 Å². The van der Waals surface area contributed by atoms with E-state index in [-0.39, 0.29) is 22.8 Å². The van der Waals surface area contributed by atoms with E-state index in [0.717, 1.165) is 6.07 Å². The number of aliphatic hydroxyl groups is 2. The highest BCUT2D eigenvalue weighted by atomic mass is 35.5. The van der Waals surface area contributed by atoms with Gasteiger partial charge in [0.1, 0.15) is 5.02 Å². The molecule has 0 aliphatic carbocycles. The maximum absolute atomic E-state index is 10.6. The number of nitrogens with zero attached hydrogens (tertiary/aromatic N) is 1. The van der Waals surface area contributed by atoms with Crippen molar-refractivity contribution in [2.75, 3.05) is 5.32 Å². The van der Waals surface area contributed by atoms with Gasteiger partial charge in [-0.05, 0) is 12.1 Å². The van der Waals surface area contributed by atoms with Gasteiger partial charge in [-0.3, -0.25) is 10.1 Å². The number of benzene rings is 1. The number of nitrogens with one attached hydrogen (secondary N) is 1. The first kappa shape index (κ1) is 12.7. The monoisotopic (exact) mass is 246 g/mol. The van der Waals surface area contributed by atoms with E-state index in [0.29, 0.717) is 0 Å². The van der Waals surface area contributed by atoms with Gasteiger partial charge in [0.05, 0.1) is 4.92 Å². The number of rotatable bonds is 4. The van der Waals surface area contributed by atoms with Gasteiger partial charge in [0.25, 0.3) is 5.69 Å². The van der Waals surface area contributed by atoms with Gasteiger partial charge in [-0.25, -0.2) is 0 Å². The second kappa shape index (κ2) is 4.65. The minimum Gasteiger partial charge on any atom is -0.349 e. The normalized spacial score (nSPS) is 11.2. The van der Waals surface area contributed by atoms with Crippen LogP contribution in [0.3, 0.4) is 0 Å². The molecule has 0 aromatic heterocycles. The number of halogens is 1. The molecule has 0 fully saturated rings. The molecular formula is C9H11ClN2O4. The third-order valence-corrected chi connectivity index (χ3v) is 2.30. The summed E-state index contributed by atoms with van der Waals surface area (Å²) >= 11 is 5.60. The molecule has 3 N–H and O–H groups in total. The molecule has 88 valence electrons. The Hall–Kier alpha value is -1.37. The average Bonchev–Trinajstić information content (AvgIpc) is 2.20. The fraction of sp³-hybridized carbons (Fsp3) is 0.333. The van der Waals surface area contributed by atoms with E-state index < -0.39 is 10.8 Å². The fourth-order valence-corrected chi connectivity index (χ4v) is 1.24. The third kappa shape index (κ3) is 3.06. The topological polar surface area (TPSA) is 95.6 Å². The van der Waals surface area contributed by atoms with Crippen molar-refractivity contribution in [3.05, 3.63) is 33.3 Å². The molecule has 7 heteroatoms.